The zero-order valence-corrected chi connectivity index (χ0v) is 6.00. The Bertz CT molecular complexity index is 273. The molecule has 1 fully saturated rings. The average Bonchev–Trinajstić information content (AvgIpc) is 2.78. The predicted molar refractivity (Wildman–Crippen MR) is 33.8 cm³/mol. The molecule has 1 aliphatic rings. The fourth-order valence-corrected chi connectivity index (χ4v) is 0.996. The Morgan fingerprint density at radius 2 is 2.36 bits per heavy atom. The van der Waals surface area contributed by atoms with Crippen LogP contribution in [0.2, 0.25) is 0 Å². The summed E-state index contributed by atoms with van der Waals surface area (Å²) in [6.07, 6.45) is 0.312. The summed E-state index contributed by atoms with van der Waals surface area (Å²) in [5, 5.41) is 17.0. The topological polar surface area (TPSA) is 73.9 Å². The molecule has 56 valence electrons. The lowest BCUT2D eigenvalue weighted by atomic mass is 10.1. The van der Waals surface area contributed by atoms with Crippen LogP contribution in [0, 0.1) is 34.0 Å². The summed E-state index contributed by atoms with van der Waals surface area (Å²) in [5.41, 5.74) is -1.15. The number of esters is 1. The standard InChI is InChI=1S/C7H6N2O2/c1-11-6(10)7(4-9)2-5(7)3-8/h5H,2H2,1H3. The molecule has 0 aliphatic heterocycles. The number of carbonyl (C=O) groups is 1. The molecule has 0 saturated heterocycles. The van der Waals surface area contributed by atoms with Crippen LogP contribution in [0.3, 0.4) is 0 Å². The number of ether oxygens (including phenoxy) is 1. The highest BCUT2D eigenvalue weighted by Gasteiger charge is 2.63. The third kappa shape index (κ3) is 0.841. The molecule has 4 nitrogen and oxygen atoms in total. The zero-order valence-electron chi connectivity index (χ0n) is 6.00. The first-order chi connectivity index (χ1) is 5.21. The van der Waals surface area contributed by atoms with Crippen molar-refractivity contribution in [2.24, 2.45) is 11.3 Å². The zero-order chi connectivity index (χ0) is 8.48. The van der Waals surface area contributed by atoms with Gasteiger partial charge in [-0.25, -0.2) is 0 Å². The van der Waals surface area contributed by atoms with Gasteiger partial charge in [-0.2, -0.15) is 10.5 Å². The minimum Gasteiger partial charge on any atom is -0.468 e. The first-order valence-corrected chi connectivity index (χ1v) is 3.10. The van der Waals surface area contributed by atoms with E-state index in [0.717, 1.165) is 0 Å². The quantitative estimate of drug-likeness (QED) is 0.501. The van der Waals surface area contributed by atoms with E-state index in [9.17, 15) is 4.79 Å². The molecule has 0 bridgehead atoms. The van der Waals surface area contributed by atoms with E-state index in [2.05, 4.69) is 4.74 Å². The lowest BCUT2D eigenvalue weighted by molar-refractivity contribution is -0.145. The molecule has 0 aromatic heterocycles. The van der Waals surface area contributed by atoms with Crippen LogP contribution in [-0.4, -0.2) is 13.1 Å². The van der Waals surface area contributed by atoms with Crippen molar-refractivity contribution in [3.63, 3.8) is 0 Å². The summed E-state index contributed by atoms with van der Waals surface area (Å²) in [7, 11) is 1.22. The summed E-state index contributed by atoms with van der Waals surface area (Å²) < 4.78 is 4.39. The van der Waals surface area contributed by atoms with Crippen LogP contribution < -0.4 is 0 Å². The third-order valence-electron chi connectivity index (χ3n) is 1.87. The maximum Gasteiger partial charge on any atom is 0.327 e. The molecular formula is C7H6N2O2. The highest BCUT2D eigenvalue weighted by Crippen LogP contribution is 2.52. The molecule has 0 aromatic rings. The normalized spacial score (nSPS) is 33.2. The number of nitrogens with zero attached hydrogens (tertiary/aromatic N) is 2. The monoisotopic (exact) mass is 150 g/mol. The third-order valence-corrected chi connectivity index (χ3v) is 1.87. The van der Waals surface area contributed by atoms with Crippen LogP contribution in [0.4, 0.5) is 0 Å². The van der Waals surface area contributed by atoms with Gasteiger partial charge in [0, 0.05) is 0 Å². The highest BCUT2D eigenvalue weighted by molar-refractivity contribution is 5.84. The number of rotatable bonds is 1. The van der Waals surface area contributed by atoms with Crippen molar-refractivity contribution < 1.29 is 9.53 Å². The number of nitriles is 2. The van der Waals surface area contributed by atoms with Crippen molar-refractivity contribution in [1.29, 1.82) is 10.5 Å². The molecule has 1 aliphatic carbocycles. The van der Waals surface area contributed by atoms with Crippen molar-refractivity contribution in [3.05, 3.63) is 0 Å². The van der Waals surface area contributed by atoms with Gasteiger partial charge in [-0.05, 0) is 6.42 Å². The van der Waals surface area contributed by atoms with E-state index in [4.69, 9.17) is 10.5 Å². The summed E-state index contributed by atoms with van der Waals surface area (Å²) in [5.74, 6) is -1.06. The van der Waals surface area contributed by atoms with Crippen molar-refractivity contribution in [1.82, 2.24) is 0 Å². The smallest absolute Gasteiger partial charge is 0.327 e. The van der Waals surface area contributed by atoms with Crippen LogP contribution in [-0.2, 0) is 9.53 Å². The molecule has 1 rings (SSSR count). The lowest BCUT2D eigenvalue weighted by Crippen LogP contribution is -2.17. The van der Waals surface area contributed by atoms with Gasteiger partial charge in [-0.1, -0.05) is 0 Å². The van der Waals surface area contributed by atoms with E-state index < -0.39 is 17.3 Å². The Balaban J connectivity index is 2.79. The van der Waals surface area contributed by atoms with Crippen LogP contribution in [0.15, 0.2) is 0 Å². The number of hydrogen-bond donors (Lipinski definition) is 0. The van der Waals surface area contributed by atoms with Crippen molar-refractivity contribution in [2.45, 2.75) is 6.42 Å². The van der Waals surface area contributed by atoms with Crippen LogP contribution in [0.5, 0.6) is 0 Å². The summed E-state index contributed by atoms with van der Waals surface area (Å²) in [6.45, 7) is 0. The van der Waals surface area contributed by atoms with Gasteiger partial charge in [0.15, 0.2) is 5.41 Å². The van der Waals surface area contributed by atoms with Crippen molar-refractivity contribution in [2.75, 3.05) is 7.11 Å². The van der Waals surface area contributed by atoms with E-state index in [1.165, 1.54) is 7.11 Å². The molecule has 0 radical (unpaired) electrons. The van der Waals surface area contributed by atoms with Crippen molar-refractivity contribution >= 4 is 5.97 Å². The molecular weight excluding hydrogens is 144 g/mol. The SMILES string of the molecule is COC(=O)C1(C#N)CC1C#N. The molecule has 2 atom stereocenters. The molecule has 1 saturated carbocycles. The van der Waals surface area contributed by atoms with E-state index in [1.54, 1.807) is 0 Å². The van der Waals surface area contributed by atoms with Gasteiger partial charge >= 0.3 is 5.97 Å². The fraction of sp³-hybridized carbons (Fsp3) is 0.571. The Morgan fingerprint density at radius 3 is 2.64 bits per heavy atom. The summed E-state index contributed by atoms with van der Waals surface area (Å²) >= 11 is 0. The molecule has 11 heavy (non-hydrogen) atoms. The number of carbonyl (C=O) groups excluding carboxylic acids is 1. The van der Waals surface area contributed by atoms with E-state index >= 15 is 0 Å². The molecule has 0 aromatic carbocycles. The largest absolute Gasteiger partial charge is 0.468 e. The molecule has 0 heterocycles. The van der Waals surface area contributed by atoms with Gasteiger partial charge in [0.2, 0.25) is 0 Å². The molecule has 2 unspecified atom stereocenters. The first kappa shape index (κ1) is 7.56. The minimum absolute atomic E-state index is 0.312. The Kier molecular flexibility index (Phi) is 1.54. The van der Waals surface area contributed by atoms with Crippen molar-refractivity contribution in [3.8, 4) is 12.1 Å². The predicted octanol–water partition coefficient (Wildman–Crippen LogP) is 0.213. The minimum atomic E-state index is -1.15. The average molecular weight is 150 g/mol. The van der Waals surface area contributed by atoms with Gasteiger partial charge in [-0.15, -0.1) is 0 Å². The van der Waals surface area contributed by atoms with Gasteiger partial charge in [-0.3, -0.25) is 4.79 Å². The van der Waals surface area contributed by atoms with Crippen LogP contribution in [0.1, 0.15) is 6.42 Å². The van der Waals surface area contributed by atoms with Gasteiger partial charge < -0.3 is 4.74 Å². The summed E-state index contributed by atoms with van der Waals surface area (Å²) in [4.78, 5) is 10.9. The van der Waals surface area contributed by atoms with Gasteiger partial charge in [0.05, 0.1) is 25.2 Å². The Morgan fingerprint density at radius 1 is 1.73 bits per heavy atom. The molecule has 4 heteroatoms. The second-order valence-corrected chi connectivity index (χ2v) is 2.46. The second kappa shape index (κ2) is 2.25. The Hall–Kier alpha value is -1.55. The lowest BCUT2D eigenvalue weighted by Gasteiger charge is -2.00. The molecule has 0 amide bonds. The Labute approximate surface area is 64.0 Å². The van der Waals surface area contributed by atoms with E-state index in [1.807, 2.05) is 12.1 Å². The molecule has 0 spiro atoms. The highest BCUT2D eigenvalue weighted by atomic mass is 16.5. The van der Waals surface area contributed by atoms with E-state index in [-0.39, 0.29) is 0 Å². The molecule has 0 N–H and O–H groups in total. The van der Waals surface area contributed by atoms with Crippen LogP contribution in [0.25, 0.3) is 0 Å². The van der Waals surface area contributed by atoms with E-state index in [0.29, 0.717) is 6.42 Å². The summed E-state index contributed by atoms with van der Waals surface area (Å²) in [6, 6.07) is 3.68. The second-order valence-electron chi connectivity index (χ2n) is 2.46. The van der Waals surface area contributed by atoms with Crippen LogP contribution >= 0.6 is 0 Å². The first-order valence-electron chi connectivity index (χ1n) is 3.10. The maximum absolute atomic E-state index is 10.9. The van der Waals surface area contributed by atoms with Gasteiger partial charge in [0.25, 0.3) is 0 Å². The maximum atomic E-state index is 10.9. The van der Waals surface area contributed by atoms with Gasteiger partial charge in [0.1, 0.15) is 0 Å². The fourth-order valence-electron chi connectivity index (χ4n) is 0.996. The number of methoxy groups -OCH3 is 1. The number of hydrogen-bond acceptors (Lipinski definition) is 4.